The van der Waals surface area contributed by atoms with Gasteiger partial charge in [-0.3, -0.25) is 0 Å². The molecule has 1 aromatic rings. The van der Waals surface area contributed by atoms with Crippen LogP contribution in [0.4, 0.5) is 0 Å². The van der Waals surface area contributed by atoms with E-state index in [-0.39, 0.29) is 0 Å². The van der Waals surface area contributed by atoms with E-state index in [1.165, 1.54) is 12.8 Å². The van der Waals surface area contributed by atoms with E-state index in [1.807, 2.05) is 0 Å². The summed E-state index contributed by atoms with van der Waals surface area (Å²) < 4.78 is 4.99. The smallest absolute Gasteiger partial charge is 0.230 e. The summed E-state index contributed by atoms with van der Waals surface area (Å²) in [6, 6.07) is 0. The molecule has 104 valence electrons. The Labute approximate surface area is 123 Å². The first-order valence-electron chi connectivity index (χ1n) is 7.33. The molecule has 1 unspecified atom stereocenters. The van der Waals surface area contributed by atoms with Crippen molar-refractivity contribution in [2.45, 2.75) is 49.3 Å². The fourth-order valence-corrected chi connectivity index (χ4v) is 5.06. The topological polar surface area (TPSA) is 38.9 Å². The molecule has 1 heterocycles. The molecule has 0 radical (unpaired) electrons. The molecular formula is C14H18Cl2N2O. The molecular weight excluding hydrogens is 283 g/mol. The molecule has 4 rings (SSSR count). The highest BCUT2D eigenvalue weighted by Gasteiger charge is 2.65. The quantitative estimate of drug-likeness (QED) is 0.776. The SMILES string of the molecule is CCc1noc(C2[C@H]3CC[C@@H]4[C@@H](CC[C@@H]23)C4(Cl)Cl)n1. The van der Waals surface area contributed by atoms with Crippen molar-refractivity contribution in [1.82, 2.24) is 10.1 Å². The molecule has 19 heavy (non-hydrogen) atoms. The van der Waals surface area contributed by atoms with E-state index in [1.54, 1.807) is 0 Å². The van der Waals surface area contributed by atoms with Crippen molar-refractivity contribution in [2.24, 2.45) is 23.7 Å². The fourth-order valence-electron chi connectivity index (χ4n) is 4.14. The van der Waals surface area contributed by atoms with E-state index >= 15 is 0 Å². The molecule has 0 spiro atoms. The Bertz CT molecular complexity index is 479. The summed E-state index contributed by atoms with van der Waals surface area (Å²) in [5, 5.41) is 4.02. The summed E-state index contributed by atoms with van der Waals surface area (Å²) in [6.45, 7) is 2.05. The Balaban J connectivity index is 1.46. The minimum absolute atomic E-state index is 0.424. The number of alkyl halides is 2. The molecule has 3 saturated carbocycles. The Morgan fingerprint density at radius 1 is 1.16 bits per heavy atom. The summed E-state index contributed by atoms with van der Waals surface area (Å²) in [7, 11) is 0. The van der Waals surface area contributed by atoms with Crippen molar-refractivity contribution in [2.75, 3.05) is 0 Å². The van der Waals surface area contributed by atoms with Crippen molar-refractivity contribution in [1.29, 1.82) is 0 Å². The lowest BCUT2D eigenvalue weighted by Gasteiger charge is -2.03. The highest BCUT2D eigenvalue weighted by molar-refractivity contribution is 6.51. The molecule has 5 heteroatoms. The minimum Gasteiger partial charge on any atom is -0.339 e. The van der Waals surface area contributed by atoms with Gasteiger partial charge in [0.25, 0.3) is 0 Å². The summed E-state index contributed by atoms with van der Waals surface area (Å²) >= 11 is 12.6. The van der Waals surface area contributed by atoms with Gasteiger partial charge in [-0.1, -0.05) is 12.1 Å². The number of fused-ring (bicyclic) bond motifs is 2. The second kappa shape index (κ2) is 4.11. The van der Waals surface area contributed by atoms with Crippen molar-refractivity contribution < 1.29 is 4.52 Å². The molecule has 3 nitrogen and oxygen atoms in total. The number of rotatable bonds is 2. The Morgan fingerprint density at radius 2 is 1.79 bits per heavy atom. The first kappa shape index (κ1) is 12.5. The fraction of sp³-hybridized carbons (Fsp3) is 0.857. The summed E-state index contributed by atoms with van der Waals surface area (Å²) in [5.74, 6) is 4.68. The Hall–Kier alpha value is -0.280. The predicted octanol–water partition coefficient (Wildman–Crippen LogP) is 3.96. The lowest BCUT2D eigenvalue weighted by atomic mass is 10.0. The van der Waals surface area contributed by atoms with Crippen LogP contribution < -0.4 is 0 Å². The third-order valence-electron chi connectivity index (χ3n) is 5.40. The zero-order chi connectivity index (χ0) is 13.2. The summed E-state index contributed by atoms with van der Waals surface area (Å²) in [4.78, 5) is 4.51. The van der Waals surface area contributed by atoms with Crippen LogP contribution in [-0.4, -0.2) is 14.5 Å². The summed E-state index contributed by atoms with van der Waals surface area (Å²) in [6.07, 6.45) is 5.58. The predicted molar refractivity (Wildman–Crippen MR) is 73.3 cm³/mol. The number of nitrogens with zero attached hydrogens (tertiary/aromatic N) is 2. The van der Waals surface area contributed by atoms with Gasteiger partial charge in [-0.05, 0) is 49.4 Å². The second-order valence-corrected chi connectivity index (χ2v) is 7.74. The van der Waals surface area contributed by atoms with Crippen LogP contribution in [-0.2, 0) is 6.42 Å². The molecule has 3 fully saturated rings. The van der Waals surface area contributed by atoms with Crippen molar-refractivity contribution in [3.8, 4) is 0 Å². The van der Waals surface area contributed by atoms with Gasteiger partial charge in [0.1, 0.15) is 4.33 Å². The number of hydrogen-bond donors (Lipinski definition) is 0. The molecule has 0 N–H and O–H groups in total. The minimum atomic E-state index is -0.424. The molecule has 5 atom stereocenters. The molecule has 1 aromatic heterocycles. The van der Waals surface area contributed by atoms with Crippen LogP contribution in [0.25, 0.3) is 0 Å². The number of aromatic nitrogens is 2. The van der Waals surface area contributed by atoms with Crippen LogP contribution in [0.15, 0.2) is 4.52 Å². The van der Waals surface area contributed by atoms with Gasteiger partial charge in [0.05, 0.1) is 0 Å². The van der Waals surface area contributed by atoms with E-state index < -0.39 is 4.33 Å². The van der Waals surface area contributed by atoms with E-state index in [0.29, 0.717) is 17.8 Å². The average Bonchev–Trinajstić information content (AvgIpc) is 3.04. The first-order valence-corrected chi connectivity index (χ1v) is 8.08. The maximum absolute atomic E-state index is 6.32. The van der Waals surface area contributed by atoms with Gasteiger partial charge in [0.15, 0.2) is 5.82 Å². The van der Waals surface area contributed by atoms with Crippen LogP contribution in [0.1, 0.15) is 50.2 Å². The van der Waals surface area contributed by atoms with Crippen LogP contribution in [0, 0.1) is 23.7 Å². The maximum Gasteiger partial charge on any atom is 0.230 e. The molecule has 3 aliphatic carbocycles. The van der Waals surface area contributed by atoms with Gasteiger partial charge < -0.3 is 4.52 Å². The van der Waals surface area contributed by atoms with E-state index in [9.17, 15) is 0 Å². The number of halogens is 2. The highest BCUT2D eigenvalue weighted by atomic mass is 35.5. The largest absolute Gasteiger partial charge is 0.339 e. The van der Waals surface area contributed by atoms with E-state index in [4.69, 9.17) is 27.7 Å². The van der Waals surface area contributed by atoms with Crippen molar-refractivity contribution in [3.05, 3.63) is 11.7 Å². The normalized spacial score (nSPS) is 42.8. The Kier molecular flexibility index (Phi) is 2.69. The van der Waals surface area contributed by atoms with Gasteiger partial charge in [0.2, 0.25) is 5.89 Å². The van der Waals surface area contributed by atoms with Crippen molar-refractivity contribution in [3.63, 3.8) is 0 Å². The zero-order valence-corrected chi connectivity index (χ0v) is 12.5. The third kappa shape index (κ3) is 1.84. The molecule has 0 saturated heterocycles. The van der Waals surface area contributed by atoms with Crippen LogP contribution in [0.5, 0.6) is 0 Å². The molecule has 0 aliphatic heterocycles. The van der Waals surface area contributed by atoms with Gasteiger partial charge in [-0.2, -0.15) is 4.98 Å². The summed E-state index contributed by atoms with van der Waals surface area (Å²) in [5.41, 5.74) is 0. The molecule has 0 aromatic carbocycles. The molecule has 0 amide bonds. The van der Waals surface area contributed by atoms with E-state index in [2.05, 4.69) is 17.1 Å². The van der Waals surface area contributed by atoms with Crippen molar-refractivity contribution >= 4 is 23.2 Å². The zero-order valence-electron chi connectivity index (χ0n) is 11.0. The standard InChI is InChI=1S/C14H18Cl2N2O/c1-2-11-17-13(19-18-11)12-7-3-5-9-10(14(9,15)16)6-4-8(7)12/h7-10,12H,2-6H2,1H3/t7-,8+,9-,10-,12?/m1/s1. The first-order chi connectivity index (χ1) is 9.13. The third-order valence-corrected chi connectivity index (χ3v) is 6.53. The maximum atomic E-state index is 6.32. The van der Waals surface area contributed by atoms with Gasteiger partial charge in [0, 0.05) is 12.3 Å². The van der Waals surface area contributed by atoms with Gasteiger partial charge in [-0.15, -0.1) is 23.2 Å². The van der Waals surface area contributed by atoms with E-state index in [0.717, 1.165) is 42.8 Å². The monoisotopic (exact) mass is 300 g/mol. The Morgan fingerprint density at radius 3 is 2.32 bits per heavy atom. The van der Waals surface area contributed by atoms with Crippen LogP contribution in [0.3, 0.4) is 0 Å². The van der Waals surface area contributed by atoms with Crippen LogP contribution >= 0.6 is 23.2 Å². The number of hydrogen-bond acceptors (Lipinski definition) is 3. The van der Waals surface area contributed by atoms with Gasteiger partial charge in [-0.25, -0.2) is 0 Å². The second-order valence-electron chi connectivity index (χ2n) is 6.30. The lowest BCUT2D eigenvalue weighted by Crippen LogP contribution is -1.93. The lowest BCUT2D eigenvalue weighted by molar-refractivity contribution is 0.366. The van der Waals surface area contributed by atoms with Crippen LogP contribution in [0.2, 0.25) is 0 Å². The average molecular weight is 301 g/mol. The highest BCUT2D eigenvalue weighted by Crippen LogP contribution is 2.69. The van der Waals surface area contributed by atoms with Gasteiger partial charge >= 0.3 is 0 Å². The molecule has 0 bridgehead atoms. The number of aryl methyl sites for hydroxylation is 1. The molecule has 3 aliphatic rings.